The van der Waals surface area contributed by atoms with E-state index in [4.69, 9.17) is 11.6 Å². The van der Waals surface area contributed by atoms with Gasteiger partial charge in [-0.1, -0.05) is 17.7 Å². The molecule has 2 heterocycles. The van der Waals surface area contributed by atoms with E-state index in [-0.39, 0.29) is 11.8 Å². The Balaban J connectivity index is 2.09. The third kappa shape index (κ3) is 2.50. The van der Waals surface area contributed by atoms with E-state index in [0.29, 0.717) is 11.6 Å². The number of aliphatic imine (C=N–C) groups is 1. The minimum absolute atomic E-state index is 0.0347. The van der Waals surface area contributed by atoms with Gasteiger partial charge in [0.2, 0.25) is 0 Å². The Morgan fingerprint density at radius 3 is 2.93 bits per heavy atom. The second-order valence-corrected chi connectivity index (χ2v) is 3.66. The lowest BCUT2D eigenvalue weighted by Crippen LogP contribution is -2.21. The number of carbonyl (C=O) groups is 1. The highest BCUT2D eigenvalue weighted by atomic mass is 35.5. The van der Waals surface area contributed by atoms with Gasteiger partial charge in [0.1, 0.15) is 11.2 Å². The van der Waals surface area contributed by atoms with Crippen LogP contribution in [0.3, 0.4) is 0 Å². The third-order valence-corrected chi connectivity index (χ3v) is 2.38. The van der Waals surface area contributed by atoms with E-state index < -0.39 is 0 Å². The Hall–Kier alpha value is -1.48. The number of hydrogen-bond acceptors (Lipinski definition) is 3. The van der Waals surface area contributed by atoms with Gasteiger partial charge in [-0.3, -0.25) is 9.79 Å². The highest BCUT2D eigenvalue weighted by molar-refractivity contribution is 6.29. The number of hydrogen-bond donors (Lipinski definition) is 0. The third-order valence-electron chi connectivity index (χ3n) is 2.16. The topological polar surface area (TPSA) is 42.3 Å². The number of aromatic nitrogens is 1. The standard InChI is InChI=1S/C11H9ClN2O/c12-11-4-3-8(7-14-11)6-9-10(15)2-1-5-13-9/h1-5,7,9H,6H2. The molecule has 0 aromatic carbocycles. The Kier molecular flexibility index (Phi) is 2.92. The van der Waals surface area contributed by atoms with E-state index >= 15 is 0 Å². The summed E-state index contributed by atoms with van der Waals surface area (Å²) in [6, 6.07) is 3.26. The van der Waals surface area contributed by atoms with E-state index in [1.807, 2.05) is 6.07 Å². The molecule has 0 amide bonds. The molecule has 3 nitrogen and oxygen atoms in total. The van der Waals surface area contributed by atoms with Crippen LogP contribution in [-0.4, -0.2) is 23.0 Å². The first kappa shape index (κ1) is 10.1. The number of nitrogens with zero attached hydrogens (tertiary/aromatic N) is 2. The Labute approximate surface area is 92.5 Å². The molecule has 2 rings (SSSR count). The molecule has 1 aliphatic rings. The summed E-state index contributed by atoms with van der Waals surface area (Å²) >= 11 is 5.66. The lowest BCUT2D eigenvalue weighted by Gasteiger charge is -2.10. The minimum Gasteiger partial charge on any atom is -0.292 e. The Morgan fingerprint density at radius 1 is 1.40 bits per heavy atom. The van der Waals surface area contributed by atoms with Gasteiger partial charge in [0, 0.05) is 18.8 Å². The molecule has 1 aromatic heterocycles. The zero-order valence-electron chi connectivity index (χ0n) is 7.93. The van der Waals surface area contributed by atoms with E-state index in [0.717, 1.165) is 5.56 Å². The smallest absolute Gasteiger partial charge is 0.180 e. The zero-order chi connectivity index (χ0) is 10.7. The van der Waals surface area contributed by atoms with Crippen molar-refractivity contribution in [1.82, 2.24) is 4.98 Å². The van der Waals surface area contributed by atoms with Gasteiger partial charge in [-0.05, 0) is 23.8 Å². The van der Waals surface area contributed by atoms with Crippen LogP contribution < -0.4 is 0 Å². The van der Waals surface area contributed by atoms with Crippen molar-refractivity contribution in [2.75, 3.05) is 0 Å². The second kappa shape index (κ2) is 4.36. The molecular weight excluding hydrogens is 212 g/mol. The molecule has 0 spiro atoms. The monoisotopic (exact) mass is 220 g/mol. The maximum absolute atomic E-state index is 11.4. The van der Waals surface area contributed by atoms with E-state index in [1.165, 1.54) is 0 Å². The molecule has 0 fully saturated rings. The van der Waals surface area contributed by atoms with Crippen LogP contribution in [-0.2, 0) is 11.2 Å². The lowest BCUT2D eigenvalue weighted by atomic mass is 10.0. The minimum atomic E-state index is -0.307. The summed E-state index contributed by atoms with van der Waals surface area (Å²) in [5.41, 5.74) is 0.963. The number of pyridine rings is 1. The van der Waals surface area contributed by atoms with Crippen molar-refractivity contribution in [2.24, 2.45) is 4.99 Å². The second-order valence-electron chi connectivity index (χ2n) is 3.27. The number of halogens is 1. The van der Waals surface area contributed by atoms with Gasteiger partial charge in [0.25, 0.3) is 0 Å². The molecule has 1 unspecified atom stereocenters. The van der Waals surface area contributed by atoms with E-state index in [2.05, 4.69) is 9.98 Å². The van der Waals surface area contributed by atoms with Crippen LogP contribution in [0, 0.1) is 0 Å². The van der Waals surface area contributed by atoms with Crippen LogP contribution >= 0.6 is 11.6 Å². The average molecular weight is 221 g/mol. The predicted octanol–water partition coefficient (Wildman–Crippen LogP) is 1.86. The molecule has 0 bridgehead atoms. The zero-order valence-corrected chi connectivity index (χ0v) is 8.69. The summed E-state index contributed by atoms with van der Waals surface area (Å²) in [5, 5.41) is 0.456. The highest BCUT2D eigenvalue weighted by Crippen LogP contribution is 2.11. The first-order chi connectivity index (χ1) is 7.25. The fourth-order valence-electron chi connectivity index (χ4n) is 1.38. The molecule has 76 valence electrons. The number of ketones is 1. The maximum Gasteiger partial charge on any atom is 0.180 e. The first-order valence-corrected chi connectivity index (χ1v) is 4.97. The molecule has 1 aliphatic heterocycles. The molecule has 0 N–H and O–H groups in total. The number of dihydropyridines is 1. The molecule has 0 saturated heterocycles. The van der Waals surface area contributed by atoms with Crippen molar-refractivity contribution in [3.63, 3.8) is 0 Å². The van der Waals surface area contributed by atoms with Crippen LogP contribution in [0.4, 0.5) is 0 Å². The van der Waals surface area contributed by atoms with Crippen molar-refractivity contribution >= 4 is 23.6 Å². The van der Waals surface area contributed by atoms with Crippen LogP contribution in [0.25, 0.3) is 0 Å². The van der Waals surface area contributed by atoms with Gasteiger partial charge >= 0.3 is 0 Å². The van der Waals surface area contributed by atoms with Gasteiger partial charge in [0.05, 0.1) is 0 Å². The first-order valence-electron chi connectivity index (χ1n) is 4.60. The largest absolute Gasteiger partial charge is 0.292 e. The van der Waals surface area contributed by atoms with Crippen LogP contribution in [0.1, 0.15) is 5.56 Å². The van der Waals surface area contributed by atoms with Crippen LogP contribution in [0.5, 0.6) is 0 Å². The fraction of sp³-hybridized carbons (Fsp3) is 0.182. The van der Waals surface area contributed by atoms with Gasteiger partial charge in [-0.15, -0.1) is 0 Å². The summed E-state index contributed by atoms with van der Waals surface area (Å²) < 4.78 is 0. The van der Waals surface area contributed by atoms with E-state index in [1.54, 1.807) is 30.6 Å². The summed E-state index contributed by atoms with van der Waals surface area (Å²) in [4.78, 5) is 19.5. The summed E-state index contributed by atoms with van der Waals surface area (Å²) in [6.45, 7) is 0. The lowest BCUT2D eigenvalue weighted by molar-refractivity contribution is -0.115. The normalized spacial score (nSPS) is 19.5. The number of allylic oxidation sites excluding steroid dienone is 1. The molecule has 1 atom stereocenters. The number of rotatable bonds is 2. The van der Waals surface area contributed by atoms with E-state index in [9.17, 15) is 4.79 Å². The van der Waals surface area contributed by atoms with Crippen molar-refractivity contribution in [2.45, 2.75) is 12.5 Å². The quantitative estimate of drug-likeness (QED) is 0.714. The van der Waals surface area contributed by atoms with Crippen LogP contribution in [0.15, 0.2) is 35.5 Å². The maximum atomic E-state index is 11.4. The Bertz CT molecular complexity index is 423. The molecule has 4 heteroatoms. The van der Waals surface area contributed by atoms with Gasteiger partial charge < -0.3 is 0 Å². The van der Waals surface area contributed by atoms with Gasteiger partial charge in [-0.2, -0.15) is 0 Å². The van der Waals surface area contributed by atoms with Crippen molar-refractivity contribution in [3.05, 3.63) is 41.2 Å². The fourth-order valence-corrected chi connectivity index (χ4v) is 1.49. The van der Waals surface area contributed by atoms with Gasteiger partial charge in [0.15, 0.2) is 5.78 Å². The molecule has 0 radical (unpaired) electrons. The average Bonchev–Trinajstić information content (AvgIpc) is 2.25. The summed E-state index contributed by atoms with van der Waals surface area (Å²) in [6.07, 6.45) is 7.09. The molecule has 0 saturated carbocycles. The summed E-state index contributed by atoms with van der Waals surface area (Å²) in [5.74, 6) is 0.0347. The van der Waals surface area contributed by atoms with Crippen LogP contribution in [0.2, 0.25) is 5.15 Å². The van der Waals surface area contributed by atoms with Crippen molar-refractivity contribution < 1.29 is 4.79 Å². The van der Waals surface area contributed by atoms with Crippen molar-refractivity contribution in [3.8, 4) is 0 Å². The molecule has 0 aliphatic carbocycles. The SMILES string of the molecule is O=C1C=CC=NC1Cc1ccc(Cl)nc1. The van der Waals surface area contributed by atoms with Gasteiger partial charge in [-0.25, -0.2) is 4.98 Å². The molecule has 15 heavy (non-hydrogen) atoms. The molecular formula is C11H9ClN2O. The number of carbonyl (C=O) groups excluding carboxylic acids is 1. The molecule has 1 aromatic rings. The van der Waals surface area contributed by atoms with Crippen molar-refractivity contribution in [1.29, 1.82) is 0 Å². The highest BCUT2D eigenvalue weighted by Gasteiger charge is 2.16. The summed E-state index contributed by atoms with van der Waals surface area (Å²) in [7, 11) is 0. The predicted molar refractivity (Wildman–Crippen MR) is 59.4 cm³/mol. The Morgan fingerprint density at radius 2 is 2.27 bits per heavy atom.